The second kappa shape index (κ2) is 8.40. The third-order valence-electron chi connectivity index (χ3n) is 2.39. The van der Waals surface area contributed by atoms with E-state index >= 15 is 0 Å². The van der Waals surface area contributed by atoms with E-state index in [-0.39, 0.29) is 18.1 Å². The van der Waals surface area contributed by atoms with E-state index in [1.165, 1.54) is 14.0 Å². The van der Waals surface area contributed by atoms with Crippen LogP contribution < -0.4 is 10.1 Å². The number of hydrogen-bond donors (Lipinski definition) is 2. The SMILES string of the molecule is CCOC(=O)NC(=O)/C(N=Nc1ccc(OC)cc1)=C(\C)O. The number of benzene rings is 1. The molecular weight excluding hydrogens is 290 g/mol. The minimum Gasteiger partial charge on any atom is -0.510 e. The van der Waals surface area contributed by atoms with Gasteiger partial charge in [0.1, 0.15) is 11.5 Å². The molecule has 22 heavy (non-hydrogen) atoms. The van der Waals surface area contributed by atoms with Gasteiger partial charge in [0, 0.05) is 0 Å². The number of carbonyl (C=O) groups is 2. The van der Waals surface area contributed by atoms with Crippen molar-refractivity contribution in [1.29, 1.82) is 0 Å². The molecule has 0 aliphatic carbocycles. The highest BCUT2D eigenvalue weighted by Gasteiger charge is 2.16. The van der Waals surface area contributed by atoms with Gasteiger partial charge < -0.3 is 14.6 Å². The molecule has 0 radical (unpaired) electrons. The first-order chi connectivity index (χ1) is 10.5. The molecule has 2 amide bonds. The lowest BCUT2D eigenvalue weighted by atomic mass is 10.3. The Labute approximate surface area is 127 Å². The zero-order valence-electron chi connectivity index (χ0n) is 12.5. The number of carbonyl (C=O) groups excluding carboxylic acids is 2. The molecule has 2 N–H and O–H groups in total. The lowest BCUT2D eigenvalue weighted by Crippen LogP contribution is -2.32. The van der Waals surface area contributed by atoms with E-state index in [2.05, 4.69) is 15.0 Å². The number of methoxy groups -OCH3 is 1. The Kier molecular flexibility index (Phi) is 6.55. The Hall–Kier alpha value is -2.90. The van der Waals surface area contributed by atoms with Crippen LogP contribution in [0.5, 0.6) is 5.75 Å². The van der Waals surface area contributed by atoms with Gasteiger partial charge in [-0.2, -0.15) is 5.11 Å². The van der Waals surface area contributed by atoms with Crippen molar-refractivity contribution >= 4 is 17.7 Å². The highest BCUT2D eigenvalue weighted by atomic mass is 16.5. The topological polar surface area (TPSA) is 110 Å². The van der Waals surface area contributed by atoms with E-state index < -0.39 is 12.0 Å². The van der Waals surface area contributed by atoms with Gasteiger partial charge in [-0.25, -0.2) is 4.79 Å². The number of aliphatic hydroxyl groups is 1. The van der Waals surface area contributed by atoms with Crippen molar-refractivity contribution in [3.8, 4) is 5.75 Å². The van der Waals surface area contributed by atoms with E-state index in [1.807, 2.05) is 5.32 Å². The minimum atomic E-state index is -0.925. The molecule has 0 bridgehead atoms. The van der Waals surface area contributed by atoms with Gasteiger partial charge in [0.05, 0.1) is 19.4 Å². The summed E-state index contributed by atoms with van der Waals surface area (Å²) in [5.74, 6) is -0.636. The van der Waals surface area contributed by atoms with Crippen molar-refractivity contribution in [2.24, 2.45) is 10.2 Å². The lowest BCUT2D eigenvalue weighted by molar-refractivity contribution is -0.117. The lowest BCUT2D eigenvalue weighted by Gasteiger charge is -2.04. The monoisotopic (exact) mass is 307 g/mol. The van der Waals surface area contributed by atoms with Crippen molar-refractivity contribution in [2.75, 3.05) is 13.7 Å². The van der Waals surface area contributed by atoms with Gasteiger partial charge in [0.2, 0.25) is 0 Å². The third-order valence-corrected chi connectivity index (χ3v) is 2.39. The number of aliphatic hydroxyl groups excluding tert-OH is 1. The van der Waals surface area contributed by atoms with Crippen LogP contribution >= 0.6 is 0 Å². The predicted octanol–water partition coefficient (Wildman–Crippen LogP) is 2.84. The van der Waals surface area contributed by atoms with Gasteiger partial charge in [-0.05, 0) is 38.1 Å². The smallest absolute Gasteiger partial charge is 0.414 e. The van der Waals surface area contributed by atoms with Crippen LogP contribution in [0.25, 0.3) is 0 Å². The van der Waals surface area contributed by atoms with Gasteiger partial charge in [-0.3, -0.25) is 10.1 Å². The predicted molar refractivity (Wildman–Crippen MR) is 78.0 cm³/mol. The normalized spacial score (nSPS) is 11.8. The summed E-state index contributed by atoms with van der Waals surface area (Å²) in [5, 5.41) is 18.9. The molecule has 0 atom stereocenters. The van der Waals surface area contributed by atoms with Gasteiger partial charge in [-0.15, -0.1) is 5.11 Å². The Morgan fingerprint density at radius 3 is 2.41 bits per heavy atom. The summed E-state index contributed by atoms with van der Waals surface area (Å²) in [4.78, 5) is 23.0. The Bertz CT molecular complexity index is 589. The maximum absolute atomic E-state index is 11.8. The summed E-state index contributed by atoms with van der Waals surface area (Å²) in [6, 6.07) is 6.58. The van der Waals surface area contributed by atoms with Gasteiger partial charge in [0.15, 0.2) is 5.70 Å². The van der Waals surface area contributed by atoms with Crippen LogP contribution in [0.1, 0.15) is 13.8 Å². The van der Waals surface area contributed by atoms with Crippen molar-refractivity contribution in [3.63, 3.8) is 0 Å². The van der Waals surface area contributed by atoms with Gasteiger partial charge >= 0.3 is 6.09 Å². The van der Waals surface area contributed by atoms with Crippen LogP contribution in [0, 0.1) is 0 Å². The first-order valence-corrected chi connectivity index (χ1v) is 6.41. The van der Waals surface area contributed by atoms with Crippen molar-refractivity contribution < 1.29 is 24.2 Å². The van der Waals surface area contributed by atoms with E-state index in [1.54, 1.807) is 31.2 Å². The van der Waals surface area contributed by atoms with E-state index in [4.69, 9.17) is 4.74 Å². The molecule has 118 valence electrons. The molecule has 0 saturated carbocycles. The molecule has 0 aromatic heterocycles. The molecular formula is C14H17N3O5. The summed E-state index contributed by atoms with van der Waals surface area (Å²) >= 11 is 0. The quantitative estimate of drug-likeness (QED) is 0.494. The van der Waals surface area contributed by atoms with Crippen molar-refractivity contribution in [2.45, 2.75) is 13.8 Å². The van der Waals surface area contributed by atoms with Gasteiger partial charge in [-0.1, -0.05) is 0 Å². The number of azo groups is 1. The highest BCUT2D eigenvalue weighted by Crippen LogP contribution is 2.19. The number of allylic oxidation sites excluding steroid dienone is 1. The van der Waals surface area contributed by atoms with Crippen LogP contribution in [-0.4, -0.2) is 30.8 Å². The second-order valence-corrected chi connectivity index (χ2v) is 4.01. The molecule has 0 fully saturated rings. The molecule has 1 aromatic carbocycles. The van der Waals surface area contributed by atoms with Crippen LogP contribution in [0.2, 0.25) is 0 Å². The average Bonchev–Trinajstić information content (AvgIpc) is 2.47. The summed E-state index contributed by atoms with van der Waals surface area (Å²) < 4.78 is 9.57. The molecule has 0 aliphatic heterocycles. The fourth-order valence-electron chi connectivity index (χ4n) is 1.36. The molecule has 1 aromatic rings. The fraction of sp³-hybridized carbons (Fsp3) is 0.286. The first-order valence-electron chi connectivity index (χ1n) is 6.41. The highest BCUT2D eigenvalue weighted by molar-refractivity contribution is 6.02. The number of ether oxygens (including phenoxy) is 2. The Morgan fingerprint density at radius 1 is 1.27 bits per heavy atom. The Morgan fingerprint density at radius 2 is 1.91 bits per heavy atom. The number of amides is 2. The zero-order chi connectivity index (χ0) is 16.5. The maximum atomic E-state index is 11.8. The number of hydrogen-bond acceptors (Lipinski definition) is 7. The third kappa shape index (κ3) is 5.23. The average molecular weight is 307 g/mol. The number of rotatable bonds is 5. The number of alkyl carbamates (subject to hydrolysis) is 1. The maximum Gasteiger partial charge on any atom is 0.414 e. The van der Waals surface area contributed by atoms with Crippen LogP contribution in [0.15, 0.2) is 46.0 Å². The number of nitrogens with one attached hydrogen (secondary N) is 1. The zero-order valence-corrected chi connectivity index (χ0v) is 12.5. The molecule has 0 unspecified atom stereocenters. The summed E-state index contributed by atoms with van der Waals surface area (Å²) in [6.45, 7) is 2.97. The number of nitrogens with zero attached hydrogens (tertiary/aromatic N) is 2. The second-order valence-electron chi connectivity index (χ2n) is 4.01. The summed E-state index contributed by atoms with van der Waals surface area (Å²) in [7, 11) is 1.53. The van der Waals surface area contributed by atoms with Gasteiger partial charge in [0.25, 0.3) is 5.91 Å². The molecule has 8 nitrogen and oxygen atoms in total. The first kappa shape index (κ1) is 17.2. The van der Waals surface area contributed by atoms with Crippen LogP contribution in [0.4, 0.5) is 10.5 Å². The van der Waals surface area contributed by atoms with E-state index in [0.717, 1.165) is 0 Å². The fourth-order valence-corrected chi connectivity index (χ4v) is 1.36. The van der Waals surface area contributed by atoms with Crippen LogP contribution in [0.3, 0.4) is 0 Å². The molecule has 0 spiro atoms. The molecule has 1 rings (SSSR count). The van der Waals surface area contributed by atoms with Crippen LogP contribution in [-0.2, 0) is 9.53 Å². The summed E-state index contributed by atoms with van der Waals surface area (Å²) in [5.41, 5.74) is 0.0624. The Balaban J connectivity index is 2.84. The van der Waals surface area contributed by atoms with E-state index in [0.29, 0.717) is 11.4 Å². The molecule has 0 heterocycles. The minimum absolute atomic E-state index is 0.115. The van der Waals surface area contributed by atoms with E-state index in [9.17, 15) is 14.7 Å². The number of imide groups is 1. The largest absolute Gasteiger partial charge is 0.510 e. The molecule has 8 heteroatoms. The molecule has 0 saturated heterocycles. The molecule has 0 aliphatic rings. The van der Waals surface area contributed by atoms with Crippen molar-refractivity contribution in [1.82, 2.24) is 5.32 Å². The summed E-state index contributed by atoms with van der Waals surface area (Å²) in [6.07, 6.45) is -0.925. The van der Waals surface area contributed by atoms with Crippen molar-refractivity contribution in [3.05, 3.63) is 35.7 Å². The standard InChI is InChI=1S/C14H17N3O5/c1-4-22-14(20)15-13(19)12(9(2)18)17-16-10-5-7-11(21-3)8-6-10/h5-8,18H,4H2,1-3H3,(H,15,19,20)/b12-9-,17-16?.